The molecule has 0 aliphatic rings. The Bertz CT molecular complexity index is 559. The molecule has 3 nitrogen and oxygen atoms in total. The predicted molar refractivity (Wildman–Crippen MR) is 84.8 cm³/mol. The van der Waals surface area contributed by atoms with Gasteiger partial charge in [0.15, 0.2) is 11.5 Å². The molecule has 0 radical (unpaired) electrons. The van der Waals surface area contributed by atoms with Crippen LogP contribution in [0.15, 0.2) is 42.5 Å². The second kappa shape index (κ2) is 7.23. The van der Waals surface area contributed by atoms with Crippen LogP contribution in [0.3, 0.4) is 0 Å². The van der Waals surface area contributed by atoms with E-state index < -0.39 is 0 Å². The third-order valence-electron chi connectivity index (χ3n) is 3.31. The molecular weight excluding hydrogens is 288 g/mol. The van der Waals surface area contributed by atoms with Gasteiger partial charge in [0.05, 0.1) is 26.7 Å². The Balaban J connectivity index is 2.30. The van der Waals surface area contributed by atoms with Gasteiger partial charge in [-0.3, -0.25) is 0 Å². The van der Waals surface area contributed by atoms with E-state index in [1.807, 2.05) is 30.3 Å². The molecule has 2 aromatic rings. The fraction of sp³-hybridized carbons (Fsp3) is 0.294. The van der Waals surface area contributed by atoms with Crippen molar-refractivity contribution >= 4 is 11.6 Å². The zero-order chi connectivity index (χ0) is 15.2. The molecule has 2 aromatic carbocycles. The molecule has 0 aromatic heterocycles. The fourth-order valence-corrected chi connectivity index (χ4v) is 2.53. The van der Waals surface area contributed by atoms with E-state index in [1.165, 1.54) is 5.56 Å². The second-order valence-corrected chi connectivity index (χ2v) is 5.14. The number of halogens is 1. The SMILES string of the molecule is COc1cc(C(Cl)Cc2ccccc2)cc(OC)c1OC. The van der Waals surface area contributed by atoms with E-state index in [0.717, 1.165) is 12.0 Å². The van der Waals surface area contributed by atoms with Gasteiger partial charge < -0.3 is 14.2 Å². The lowest BCUT2D eigenvalue weighted by Gasteiger charge is -2.16. The topological polar surface area (TPSA) is 27.7 Å². The molecule has 0 spiro atoms. The van der Waals surface area contributed by atoms with Crippen LogP contribution in [0.1, 0.15) is 16.5 Å². The maximum atomic E-state index is 6.54. The van der Waals surface area contributed by atoms with Crippen molar-refractivity contribution < 1.29 is 14.2 Å². The number of benzene rings is 2. The molecule has 4 heteroatoms. The number of hydrogen-bond acceptors (Lipinski definition) is 3. The number of ether oxygens (including phenoxy) is 3. The van der Waals surface area contributed by atoms with E-state index in [1.54, 1.807) is 21.3 Å². The first-order chi connectivity index (χ1) is 10.2. The molecule has 0 heterocycles. The van der Waals surface area contributed by atoms with E-state index in [-0.39, 0.29) is 5.38 Å². The van der Waals surface area contributed by atoms with Crippen LogP contribution in [0.2, 0.25) is 0 Å². The van der Waals surface area contributed by atoms with Crippen molar-refractivity contribution in [1.29, 1.82) is 0 Å². The third kappa shape index (κ3) is 3.61. The summed E-state index contributed by atoms with van der Waals surface area (Å²) in [5.74, 6) is 1.81. The van der Waals surface area contributed by atoms with Gasteiger partial charge in [-0.05, 0) is 29.7 Å². The van der Waals surface area contributed by atoms with Crippen LogP contribution in [0.25, 0.3) is 0 Å². The Labute approximate surface area is 130 Å². The molecule has 21 heavy (non-hydrogen) atoms. The van der Waals surface area contributed by atoms with Crippen molar-refractivity contribution in [3.05, 3.63) is 53.6 Å². The summed E-state index contributed by atoms with van der Waals surface area (Å²) in [5.41, 5.74) is 2.13. The number of methoxy groups -OCH3 is 3. The Hall–Kier alpha value is -1.87. The van der Waals surface area contributed by atoms with Gasteiger partial charge in [0.25, 0.3) is 0 Å². The van der Waals surface area contributed by atoms with E-state index in [0.29, 0.717) is 17.2 Å². The van der Waals surface area contributed by atoms with E-state index in [4.69, 9.17) is 25.8 Å². The van der Waals surface area contributed by atoms with Crippen molar-refractivity contribution in [3.63, 3.8) is 0 Å². The largest absolute Gasteiger partial charge is 0.493 e. The van der Waals surface area contributed by atoms with Crippen molar-refractivity contribution in [3.8, 4) is 17.2 Å². The molecule has 0 saturated carbocycles. The highest BCUT2D eigenvalue weighted by molar-refractivity contribution is 6.21. The summed E-state index contributed by atoms with van der Waals surface area (Å²) in [7, 11) is 4.78. The summed E-state index contributed by atoms with van der Waals surface area (Å²) in [6.07, 6.45) is 0.737. The zero-order valence-corrected chi connectivity index (χ0v) is 13.2. The monoisotopic (exact) mass is 306 g/mol. The molecule has 1 atom stereocenters. The van der Waals surface area contributed by atoms with Gasteiger partial charge in [-0.1, -0.05) is 30.3 Å². The number of rotatable bonds is 6. The molecule has 0 bridgehead atoms. The lowest BCUT2D eigenvalue weighted by molar-refractivity contribution is 0.323. The first-order valence-corrected chi connectivity index (χ1v) is 7.11. The van der Waals surface area contributed by atoms with E-state index in [9.17, 15) is 0 Å². The molecule has 0 aliphatic carbocycles. The zero-order valence-electron chi connectivity index (χ0n) is 12.4. The second-order valence-electron chi connectivity index (χ2n) is 4.62. The van der Waals surface area contributed by atoms with Crippen LogP contribution in [0, 0.1) is 0 Å². The van der Waals surface area contributed by atoms with Gasteiger partial charge in [0.2, 0.25) is 5.75 Å². The van der Waals surface area contributed by atoms with E-state index in [2.05, 4.69) is 12.1 Å². The van der Waals surface area contributed by atoms with Gasteiger partial charge in [-0.25, -0.2) is 0 Å². The van der Waals surface area contributed by atoms with Crippen LogP contribution in [0.4, 0.5) is 0 Å². The van der Waals surface area contributed by atoms with Crippen molar-refractivity contribution in [2.24, 2.45) is 0 Å². The number of alkyl halides is 1. The summed E-state index contributed by atoms with van der Waals surface area (Å²) in [4.78, 5) is 0. The van der Waals surface area contributed by atoms with Crippen molar-refractivity contribution in [2.75, 3.05) is 21.3 Å². The first-order valence-electron chi connectivity index (χ1n) is 6.67. The predicted octanol–water partition coefficient (Wildman–Crippen LogP) is 4.24. The summed E-state index contributed by atoms with van der Waals surface area (Å²) in [5, 5.41) is -0.166. The van der Waals surface area contributed by atoms with Gasteiger partial charge in [-0.2, -0.15) is 0 Å². The molecule has 1 unspecified atom stereocenters. The van der Waals surface area contributed by atoms with Crippen LogP contribution >= 0.6 is 11.6 Å². The van der Waals surface area contributed by atoms with Crippen molar-refractivity contribution in [1.82, 2.24) is 0 Å². The smallest absolute Gasteiger partial charge is 0.203 e. The van der Waals surface area contributed by atoms with Crippen molar-refractivity contribution in [2.45, 2.75) is 11.8 Å². The molecule has 0 N–H and O–H groups in total. The minimum atomic E-state index is -0.166. The van der Waals surface area contributed by atoms with Crippen LogP contribution in [-0.2, 0) is 6.42 Å². The number of hydrogen-bond donors (Lipinski definition) is 0. The minimum Gasteiger partial charge on any atom is -0.493 e. The molecule has 0 fully saturated rings. The minimum absolute atomic E-state index is 0.166. The lowest BCUT2D eigenvalue weighted by Crippen LogP contribution is -2.00. The maximum absolute atomic E-state index is 6.54. The average molecular weight is 307 g/mol. The first kappa shape index (κ1) is 15.5. The molecule has 112 valence electrons. The molecule has 0 amide bonds. The molecule has 2 rings (SSSR count). The Morgan fingerprint density at radius 3 is 1.95 bits per heavy atom. The van der Waals surface area contributed by atoms with E-state index >= 15 is 0 Å². The van der Waals surface area contributed by atoms with Crippen LogP contribution in [-0.4, -0.2) is 21.3 Å². The summed E-state index contributed by atoms with van der Waals surface area (Å²) >= 11 is 6.54. The molecular formula is C17H19ClO3. The highest BCUT2D eigenvalue weighted by atomic mass is 35.5. The van der Waals surface area contributed by atoms with Gasteiger partial charge in [0.1, 0.15) is 0 Å². The summed E-state index contributed by atoms with van der Waals surface area (Å²) < 4.78 is 16.0. The highest BCUT2D eigenvalue weighted by Crippen LogP contribution is 2.41. The molecule has 0 aliphatic heterocycles. The van der Waals surface area contributed by atoms with Gasteiger partial charge in [-0.15, -0.1) is 11.6 Å². The average Bonchev–Trinajstić information content (AvgIpc) is 2.54. The van der Waals surface area contributed by atoms with Crippen LogP contribution in [0.5, 0.6) is 17.2 Å². The summed E-state index contributed by atoms with van der Waals surface area (Å²) in [6, 6.07) is 13.9. The van der Waals surface area contributed by atoms with Crippen LogP contribution < -0.4 is 14.2 Å². The van der Waals surface area contributed by atoms with Gasteiger partial charge >= 0.3 is 0 Å². The highest BCUT2D eigenvalue weighted by Gasteiger charge is 2.17. The lowest BCUT2D eigenvalue weighted by atomic mass is 10.0. The standard InChI is InChI=1S/C17H19ClO3/c1-19-15-10-13(11-16(20-2)17(15)21-3)14(18)9-12-7-5-4-6-8-12/h4-8,10-11,14H,9H2,1-3H3. The quantitative estimate of drug-likeness (QED) is 0.747. The Morgan fingerprint density at radius 1 is 0.905 bits per heavy atom. The Kier molecular flexibility index (Phi) is 5.34. The van der Waals surface area contributed by atoms with Gasteiger partial charge in [0, 0.05) is 0 Å². The third-order valence-corrected chi connectivity index (χ3v) is 3.71. The maximum Gasteiger partial charge on any atom is 0.203 e. The normalized spacial score (nSPS) is 11.8. The molecule has 0 saturated heterocycles. The fourth-order valence-electron chi connectivity index (χ4n) is 2.22. The summed E-state index contributed by atoms with van der Waals surface area (Å²) in [6.45, 7) is 0. The Morgan fingerprint density at radius 2 is 1.48 bits per heavy atom.